The summed E-state index contributed by atoms with van der Waals surface area (Å²) in [5, 5.41) is 4.80. The highest BCUT2D eigenvalue weighted by Gasteiger charge is 2.43. The Labute approximate surface area is 515 Å². The molecule has 414 valence electrons. The van der Waals surface area contributed by atoms with Crippen molar-refractivity contribution in [2.24, 2.45) is 0 Å². The van der Waals surface area contributed by atoms with Crippen molar-refractivity contribution >= 4 is 101 Å². The summed E-state index contributed by atoms with van der Waals surface area (Å²) in [6, 6.07) is 114. The molecule has 0 amide bonds. The summed E-state index contributed by atoms with van der Waals surface area (Å²) in [5.74, 6) is 1.82. The maximum atomic E-state index is 5.28. The summed E-state index contributed by atoms with van der Waals surface area (Å²) < 4.78 is 4.88. The topological polar surface area (TPSA) is 55.0 Å². The fourth-order valence-corrected chi connectivity index (χ4v) is 14.2. The van der Waals surface area contributed by atoms with Gasteiger partial charge in [0.25, 0.3) is 6.71 Å². The molecule has 2 aliphatic rings. The van der Waals surface area contributed by atoms with Gasteiger partial charge in [-0.3, -0.25) is 0 Å². The highest BCUT2D eigenvalue weighted by Crippen LogP contribution is 2.46. The predicted octanol–water partition coefficient (Wildman–Crippen LogP) is 18.5. The first-order chi connectivity index (χ1) is 44.2. The third kappa shape index (κ3) is 8.11. The summed E-state index contributed by atoms with van der Waals surface area (Å²) >= 11 is 0. The Hall–Kier alpha value is -11.9. The van der Waals surface area contributed by atoms with E-state index in [4.69, 9.17) is 15.0 Å². The molecule has 0 fully saturated rings. The van der Waals surface area contributed by atoms with Crippen LogP contribution >= 0.6 is 0 Å². The zero-order valence-corrected chi connectivity index (χ0v) is 48.2. The number of aromatic nitrogens is 5. The molecule has 0 atom stereocenters. The van der Waals surface area contributed by atoms with Gasteiger partial charge in [-0.2, -0.15) is 0 Å². The maximum Gasteiger partial charge on any atom is 0.252 e. The fourth-order valence-electron chi connectivity index (χ4n) is 14.2. The molecule has 0 bridgehead atoms. The van der Waals surface area contributed by atoms with Crippen molar-refractivity contribution in [3.05, 3.63) is 315 Å². The van der Waals surface area contributed by atoms with Crippen molar-refractivity contribution in [1.29, 1.82) is 0 Å². The first-order valence-corrected chi connectivity index (χ1v) is 30.4. The zero-order valence-electron chi connectivity index (χ0n) is 48.2. The quantitative estimate of drug-likeness (QED) is 0.135. The molecule has 16 aromatic rings. The molecule has 89 heavy (non-hydrogen) atoms. The van der Waals surface area contributed by atoms with Crippen LogP contribution in [-0.4, -0.2) is 30.8 Å². The van der Waals surface area contributed by atoms with Gasteiger partial charge in [-0.15, -0.1) is 0 Å². The predicted molar refractivity (Wildman–Crippen MR) is 370 cm³/mol. The summed E-state index contributed by atoms with van der Waals surface area (Å²) in [6.45, 7) is 0.0524. The second-order valence-electron chi connectivity index (χ2n) is 23.1. The van der Waals surface area contributed by atoms with Gasteiger partial charge < -0.3 is 18.9 Å². The average Bonchev–Trinajstić information content (AvgIpc) is 1.27. The minimum absolute atomic E-state index is 0.0524. The van der Waals surface area contributed by atoms with Gasteiger partial charge in [0.05, 0.1) is 27.8 Å². The van der Waals surface area contributed by atoms with Gasteiger partial charge in [0.15, 0.2) is 17.5 Å². The molecule has 5 heterocycles. The maximum absolute atomic E-state index is 5.28. The molecule has 0 radical (unpaired) electrons. The number of anilines is 6. The van der Waals surface area contributed by atoms with E-state index in [2.05, 4.69) is 298 Å². The number of nitrogens with zero attached hydrogens (tertiary/aromatic N) is 7. The third-order valence-corrected chi connectivity index (χ3v) is 18.1. The number of hydrogen-bond acceptors (Lipinski definition) is 5. The van der Waals surface area contributed by atoms with Crippen molar-refractivity contribution in [3.63, 3.8) is 0 Å². The van der Waals surface area contributed by atoms with Crippen molar-refractivity contribution in [3.8, 4) is 67.8 Å². The third-order valence-electron chi connectivity index (χ3n) is 18.1. The number of hydrogen-bond donors (Lipinski definition) is 0. The molecule has 3 aromatic heterocycles. The van der Waals surface area contributed by atoms with E-state index in [0.717, 1.165) is 78.2 Å². The molecule has 0 N–H and O–H groups in total. The molecule has 13 aromatic carbocycles. The van der Waals surface area contributed by atoms with E-state index >= 15 is 0 Å². The van der Waals surface area contributed by atoms with Crippen LogP contribution in [-0.2, 0) is 0 Å². The first-order valence-electron chi connectivity index (χ1n) is 30.4. The molecule has 7 nitrogen and oxygen atoms in total. The van der Waals surface area contributed by atoms with E-state index in [1.165, 1.54) is 66.2 Å². The summed E-state index contributed by atoms with van der Waals surface area (Å²) in [5.41, 5.74) is 24.5. The molecular weight excluding hydrogens is 1080 g/mol. The first kappa shape index (κ1) is 50.5. The van der Waals surface area contributed by atoms with E-state index in [9.17, 15) is 0 Å². The van der Waals surface area contributed by atoms with Crippen LogP contribution in [0.25, 0.3) is 111 Å². The minimum Gasteiger partial charge on any atom is -0.311 e. The average molecular weight is 1130 g/mol. The Bertz CT molecular complexity index is 5410. The van der Waals surface area contributed by atoms with Crippen LogP contribution in [0.4, 0.5) is 34.1 Å². The van der Waals surface area contributed by atoms with Crippen molar-refractivity contribution in [1.82, 2.24) is 24.1 Å². The van der Waals surface area contributed by atoms with Gasteiger partial charge in [-0.25, -0.2) is 15.0 Å². The Kier molecular flexibility index (Phi) is 11.6. The van der Waals surface area contributed by atoms with Crippen LogP contribution in [0, 0.1) is 0 Å². The minimum atomic E-state index is 0.0524. The molecule has 2 aliphatic heterocycles. The number of rotatable bonds is 9. The number of fused-ring (bicyclic) bond motifs is 10. The number of para-hydroxylation sites is 6. The van der Waals surface area contributed by atoms with Gasteiger partial charge >= 0.3 is 0 Å². The molecule has 0 saturated carbocycles. The van der Waals surface area contributed by atoms with Gasteiger partial charge in [0.1, 0.15) is 0 Å². The van der Waals surface area contributed by atoms with Crippen LogP contribution < -0.4 is 26.2 Å². The van der Waals surface area contributed by atoms with Crippen LogP contribution in [0.5, 0.6) is 0 Å². The van der Waals surface area contributed by atoms with E-state index in [1.807, 2.05) is 36.4 Å². The highest BCUT2D eigenvalue weighted by atomic mass is 15.2. The van der Waals surface area contributed by atoms with Crippen molar-refractivity contribution in [2.45, 2.75) is 0 Å². The Balaban J connectivity index is 0.839. The SMILES string of the molecule is c1ccc(-c2nc(-c3ccccc3)nc(-c3ccc(-n4c5ccccc5c5cc6c7ccccc7n(-c7ccccc7)c6cc54)c(-c4cccc(-c5cccc(N6c7ccccc7B7c8ccccc8N(c8ccccc8)c8cccc6c87)c5)c4)c3)n2)cc1. The normalized spacial score (nSPS) is 12.4. The lowest BCUT2D eigenvalue weighted by atomic mass is 9.33. The second-order valence-corrected chi connectivity index (χ2v) is 23.1. The monoisotopic (exact) mass is 1130 g/mol. The van der Waals surface area contributed by atoms with Gasteiger partial charge in [0, 0.05) is 83.6 Å². The zero-order chi connectivity index (χ0) is 58.5. The van der Waals surface area contributed by atoms with Gasteiger partial charge in [-0.05, 0) is 142 Å². The lowest BCUT2D eigenvalue weighted by Gasteiger charge is -2.44. The summed E-state index contributed by atoms with van der Waals surface area (Å²) in [7, 11) is 0. The largest absolute Gasteiger partial charge is 0.311 e. The molecule has 8 heteroatoms. The van der Waals surface area contributed by atoms with Crippen molar-refractivity contribution < 1.29 is 0 Å². The second kappa shape index (κ2) is 20.4. The standard InChI is InChI=1S/C81H52BN7/c1-5-24-53(25-6-1)79-83-80(54-26-7-2-8-27-54)85-81(84-79)58-46-47-71(89-70-41-18-14-37-63(70)66-51-65-62-36-13-17-40-69(62)86(76(65)52-77(66)89)59-31-9-3-10-32-59)64(50-58)57-30-21-28-55(48-57)56-29-22-35-61(49-56)88-73-43-20-16-39-68(73)82-67-38-15-19-42-72(67)87(60-33-11-4-12-34-60)74-44-23-45-75(88)78(74)82/h1-52H. The Morgan fingerprint density at radius 2 is 0.674 bits per heavy atom. The highest BCUT2D eigenvalue weighted by molar-refractivity contribution is 7.00. The smallest absolute Gasteiger partial charge is 0.252 e. The molecule has 0 unspecified atom stereocenters. The molecule has 0 aliphatic carbocycles. The summed E-state index contributed by atoms with van der Waals surface area (Å²) in [4.78, 5) is 20.6. The summed E-state index contributed by atoms with van der Waals surface area (Å²) in [6.07, 6.45) is 0. The van der Waals surface area contributed by atoms with Crippen molar-refractivity contribution in [2.75, 3.05) is 9.80 Å². The molecule has 0 spiro atoms. The van der Waals surface area contributed by atoms with Crippen LogP contribution in [0.15, 0.2) is 315 Å². The molecule has 0 saturated heterocycles. The van der Waals surface area contributed by atoms with E-state index < -0.39 is 0 Å². The lowest BCUT2D eigenvalue weighted by molar-refractivity contribution is 1.07. The molecule has 18 rings (SSSR count). The van der Waals surface area contributed by atoms with E-state index in [1.54, 1.807) is 0 Å². The Morgan fingerprint density at radius 3 is 1.30 bits per heavy atom. The van der Waals surface area contributed by atoms with Gasteiger partial charge in [0.2, 0.25) is 0 Å². The van der Waals surface area contributed by atoms with E-state index in [-0.39, 0.29) is 6.71 Å². The number of benzene rings is 13. The van der Waals surface area contributed by atoms with Gasteiger partial charge in [-0.1, -0.05) is 206 Å². The van der Waals surface area contributed by atoms with Crippen LogP contribution in [0.2, 0.25) is 0 Å². The molecular formula is C81H52BN7. The van der Waals surface area contributed by atoms with Crippen LogP contribution in [0.3, 0.4) is 0 Å². The fraction of sp³-hybridized carbons (Fsp3) is 0. The Morgan fingerprint density at radius 1 is 0.236 bits per heavy atom. The lowest BCUT2D eigenvalue weighted by Crippen LogP contribution is -2.61. The van der Waals surface area contributed by atoms with E-state index in [0.29, 0.717) is 17.5 Å². The van der Waals surface area contributed by atoms with Crippen LogP contribution in [0.1, 0.15) is 0 Å².